The van der Waals surface area contributed by atoms with Gasteiger partial charge in [-0.1, -0.05) is 67.6 Å². The Labute approximate surface area is 269 Å². The van der Waals surface area contributed by atoms with E-state index in [4.69, 9.17) is 4.42 Å². The smallest absolute Gasteiger partial charge is 0.374 e. The summed E-state index contributed by atoms with van der Waals surface area (Å²) in [6, 6.07) is 20.1. The summed E-state index contributed by atoms with van der Waals surface area (Å²) in [5.41, 5.74) is 7.90. The summed E-state index contributed by atoms with van der Waals surface area (Å²) >= 11 is 1.71. The molecule has 0 spiro atoms. The molecule has 3 aromatic carbocycles. The van der Waals surface area contributed by atoms with Gasteiger partial charge in [-0.3, -0.25) is 9.11 Å². The van der Waals surface area contributed by atoms with Crippen LogP contribution in [0.5, 0.6) is 0 Å². The van der Waals surface area contributed by atoms with E-state index in [1.807, 2.05) is 61.5 Å². The van der Waals surface area contributed by atoms with Crippen LogP contribution in [-0.4, -0.2) is 37.4 Å². The van der Waals surface area contributed by atoms with Crippen LogP contribution in [0.1, 0.15) is 61.1 Å². The van der Waals surface area contributed by atoms with Crippen LogP contribution in [0.3, 0.4) is 0 Å². The molecule has 0 radical (unpaired) electrons. The Bertz CT molecular complexity index is 1990. The topological polar surface area (TPSA) is 126 Å². The Morgan fingerprint density at radius 2 is 1.62 bits per heavy atom. The number of benzene rings is 3. The highest BCUT2D eigenvalue weighted by Gasteiger charge is 2.30. The van der Waals surface area contributed by atoms with Gasteiger partial charge in [-0.25, -0.2) is 0 Å². The van der Waals surface area contributed by atoms with E-state index in [0.717, 1.165) is 33.5 Å². The number of hydrogen-bond acceptors (Lipinski definition) is 6. The van der Waals surface area contributed by atoms with Crippen LogP contribution in [0.15, 0.2) is 86.5 Å². The molecule has 11 heteroatoms. The Balaban J connectivity index is 1.54. The molecular weight excluding hydrogens is 631 g/mol. The summed E-state index contributed by atoms with van der Waals surface area (Å²) < 4.78 is 72.9. The maximum absolute atomic E-state index is 11.8. The number of aryl methyl sites for hydroxylation is 3. The zero-order valence-electron chi connectivity index (χ0n) is 25.6. The van der Waals surface area contributed by atoms with Crippen LogP contribution in [0, 0.1) is 13.8 Å². The molecule has 2 heterocycles. The molecule has 0 saturated carbocycles. The van der Waals surface area contributed by atoms with Gasteiger partial charge in [0.15, 0.2) is 6.54 Å². The SMILES string of the molecule is CCC(=Cc1oc2ccc(-c3ccccc3)cc2[n+]1CCS(=O)(=O)O)C=C1Sc2cc(C)c(C)cc2C1CCCCS(=O)(=O)O. The molecule has 45 heavy (non-hydrogen) atoms. The average molecular weight is 669 g/mol. The molecule has 0 fully saturated rings. The maximum atomic E-state index is 11.8. The third-order valence-electron chi connectivity index (χ3n) is 8.17. The van der Waals surface area contributed by atoms with Crippen molar-refractivity contribution in [2.75, 3.05) is 11.5 Å². The first kappa shape index (κ1) is 33.2. The van der Waals surface area contributed by atoms with Gasteiger partial charge in [-0.2, -0.15) is 21.4 Å². The van der Waals surface area contributed by atoms with Gasteiger partial charge in [0.1, 0.15) is 5.75 Å². The summed E-state index contributed by atoms with van der Waals surface area (Å²) in [6.45, 7) is 6.24. The fourth-order valence-electron chi connectivity index (χ4n) is 5.63. The molecule has 2 N–H and O–H groups in total. The minimum Gasteiger partial charge on any atom is -0.398 e. The van der Waals surface area contributed by atoms with E-state index in [9.17, 15) is 25.9 Å². The highest BCUT2D eigenvalue weighted by atomic mass is 32.2. The summed E-state index contributed by atoms with van der Waals surface area (Å²) in [4.78, 5) is 2.32. The lowest BCUT2D eigenvalue weighted by Crippen LogP contribution is -2.38. The van der Waals surface area contributed by atoms with E-state index in [0.29, 0.717) is 30.7 Å². The largest absolute Gasteiger partial charge is 0.398 e. The van der Waals surface area contributed by atoms with Gasteiger partial charge >= 0.3 is 5.89 Å². The molecule has 8 nitrogen and oxygen atoms in total. The van der Waals surface area contributed by atoms with Gasteiger partial charge in [-0.05, 0) is 89.6 Å². The van der Waals surface area contributed by atoms with Crippen molar-refractivity contribution in [3.8, 4) is 11.1 Å². The standard InChI is InChI=1S/C34H37NO7S3/c1-4-25(20-33-28(12-8-9-16-44(36,37)38)29-18-23(2)24(3)19-32(29)43-33)21-34-35(15-17-45(39,40)41)30-22-27(13-14-31(30)42-34)26-10-6-5-7-11-26/h5-7,10-11,13-14,18-22,28H,4,8-9,12,15-17H2,1-3H3,(H-,36,37,38,39,40,41)/p+1. The number of allylic oxidation sites excluding steroid dienone is 3. The molecule has 1 aliphatic heterocycles. The minimum absolute atomic E-state index is 0.0125. The van der Waals surface area contributed by atoms with Crippen LogP contribution >= 0.6 is 11.8 Å². The first-order valence-electron chi connectivity index (χ1n) is 14.9. The number of fused-ring (bicyclic) bond motifs is 2. The Hall–Kier alpha value is -3.22. The average Bonchev–Trinajstić information content (AvgIpc) is 3.49. The second-order valence-corrected chi connectivity index (χ2v) is 15.7. The Morgan fingerprint density at radius 1 is 0.911 bits per heavy atom. The van der Waals surface area contributed by atoms with Crippen molar-refractivity contribution in [3.05, 3.63) is 99.8 Å². The molecule has 238 valence electrons. The molecule has 1 atom stereocenters. The maximum Gasteiger partial charge on any atom is 0.374 e. The lowest BCUT2D eigenvalue weighted by Gasteiger charge is -2.14. The normalized spacial score (nSPS) is 16.5. The molecule has 1 aromatic heterocycles. The highest BCUT2D eigenvalue weighted by molar-refractivity contribution is 8.03. The number of rotatable bonds is 12. The van der Waals surface area contributed by atoms with Crippen molar-refractivity contribution >= 4 is 49.2 Å². The number of aromatic nitrogens is 1. The fraction of sp³-hybridized carbons (Fsp3) is 0.324. The van der Waals surface area contributed by atoms with E-state index >= 15 is 0 Å². The minimum atomic E-state index is -4.22. The van der Waals surface area contributed by atoms with Crippen LogP contribution in [0.4, 0.5) is 0 Å². The third-order valence-corrected chi connectivity index (χ3v) is 10.9. The summed E-state index contributed by atoms with van der Waals surface area (Å²) in [5.74, 6) is -0.158. The quantitative estimate of drug-likeness (QED) is 0.0902. The van der Waals surface area contributed by atoms with Crippen molar-refractivity contribution in [2.24, 2.45) is 0 Å². The van der Waals surface area contributed by atoms with Gasteiger partial charge in [0.25, 0.3) is 25.8 Å². The van der Waals surface area contributed by atoms with Crippen LogP contribution in [0.2, 0.25) is 0 Å². The van der Waals surface area contributed by atoms with Gasteiger partial charge < -0.3 is 4.42 Å². The number of hydrogen-bond donors (Lipinski definition) is 2. The predicted octanol–water partition coefficient (Wildman–Crippen LogP) is 7.52. The van der Waals surface area contributed by atoms with E-state index in [1.54, 1.807) is 16.3 Å². The van der Waals surface area contributed by atoms with Crippen molar-refractivity contribution in [1.82, 2.24) is 0 Å². The zero-order valence-corrected chi connectivity index (χ0v) is 28.0. The molecule has 0 saturated heterocycles. The van der Waals surface area contributed by atoms with E-state index in [1.165, 1.54) is 21.6 Å². The van der Waals surface area contributed by atoms with Gasteiger partial charge in [-0.15, -0.1) is 0 Å². The first-order valence-corrected chi connectivity index (χ1v) is 19.0. The second-order valence-electron chi connectivity index (χ2n) is 11.5. The predicted molar refractivity (Wildman–Crippen MR) is 179 cm³/mol. The van der Waals surface area contributed by atoms with Crippen LogP contribution < -0.4 is 4.57 Å². The van der Waals surface area contributed by atoms with Crippen molar-refractivity contribution in [1.29, 1.82) is 0 Å². The fourth-order valence-corrected chi connectivity index (χ4v) is 8.02. The zero-order chi connectivity index (χ0) is 32.4. The first-order chi connectivity index (χ1) is 21.3. The molecule has 4 aromatic rings. The highest BCUT2D eigenvalue weighted by Crippen LogP contribution is 2.52. The van der Waals surface area contributed by atoms with E-state index < -0.39 is 26.0 Å². The van der Waals surface area contributed by atoms with Gasteiger partial charge in [0.2, 0.25) is 5.58 Å². The number of oxazole rings is 1. The number of nitrogens with zero attached hydrogens (tertiary/aromatic N) is 1. The molecule has 5 rings (SSSR count). The molecule has 0 bridgehead atoms. The lowest BCUT2D eigenvalue weighted by atomic mass is 9.90. The molecule has 0 amide bonds. The van der Waals surface area contributed by atoms with Gasteiger partial charge in [0.05, 0.1) is 11.8 Å². The molecule has 1 unspecified atom stereocenters. The molecule has 0 aliphatic carbocycles. The summed E-state index contributed by atoms with van der Waals surface area (Å²) in [5, 5.41) is 0. The monoisotopic (exact) mass is 668 g/mol. The molecular formula is C34H38NO7S3+. The number of thioether (sulfide) groups is 1. The summed E-state index contributed by atoms with van der Waals surface area (Å²) in [7, 11) is -8.22. The van der Waals surface area contributed by atoms with Crippen molar-refractivity contribution < 1.29 is 34.9 Å². The van der Waals surface area contributed by atoms with E-state index in [-0.39, 0.29) is 18.2 Å². The van der Waals surface area contributed by atoms with Crippen LogP contribution in [0.25, 0.3) is 28.3 Å². The lowest BCUT2D eigenvalue weighted by molar-refractivity contribution is -0.673. The Morgan fingerprint density at radius 3 is 2.31 bits per heavy atom. The van der Waals surface area contributed by atoms with Gasteiger partial charge in [0, 0.05) is 16.9 Å². The third kappa shape index (κ3) is 8.33. The van der Waals surface area contributed by atoms with Crippen LogP contribution in [-0.2, 0) is 26.8 Å². The summed E-state index contributed by atoms with van der Waals surface area (Å²) in [6.07, 6.45) is 6.51. The van der Waals surface area contributed by atoms with Crippen molar-refractivity contribution in [3.63, 3.8) is 0 Å². The second kappa shape index (κ2) is 13.6. The van der Waals surface area contributed by atoms with Crippen molar-refractivity contribution in [2.45, 2.75) is 63.8 Å². The number of unbranched alkanes of at least 4 members (excludes halogenated alkanes) is 1. The Kier molecular flexibility index (Phi) is 10.0. The van der Waals surface area contributed by atoms with E-state index in [2.05, 4.69) is 32.1 Å². The molecule has 1 aliphatic rings.